The average molecular weight is 241 g/mol. The van der Waals surface area contributed by atoms with Gasteiger partial charge in [0, 0.05) is 24.3 Å². The Morgan fingerprint density at radius 2 is 1.59 bits per heavy atom. The number of aliphatic hydroxyl groups is 1. The standard InChI is InChI=1S/C12H19NO4/c1-15-10-7-12(17-3)11(16-2)6-8(10)9(13)4-5-14/h6-7,9,14H,4-5,13H2,1-3H3/t9-/m0/s1. The second-order valence-electron chi connectivity index (χ2n) is 3.57. The number of hydrogen-bond donors (Lipinski definition) is 2. The Morgan fingerprint density at radius 1 is 1.06 bits per heavy atom. The third-order valence-electron chi connectivity index (χ3n) is 2.58. The number of rotatable bonds is 6. The molecule has 0 saturated carbocycles. The summed E-state index contributed by atoms with van der Waals surface area (Å²) in [5.41, 5.74) is 6.75. The summed E-state index contributed by atoms with van der Waals surface area (Å²) >= 11 is 0. The van der Waals surface area contributed by atoms with Crippen molar-refractivity contribution < 1.29 is 19.3 Å². The van der Waals surface area contributed by atoms with Gasteiger partial charge in [0.05, 0.1) is 21.3 Å². The van der Waals surface area contributed by atoms with E-state index in [0.29, 0.717) is 23.7 Å². The van der Waals surface area contributed by atoms with Crippen LogP contribution < -0.4 is 19.9 Å². The first-order valence-corrected chi connectivity index (χ1v) is 5.34. The van der Waals surface area contributed by atoms with Crippen LogP contribution in [0.3, 0.4) is 0 Å². The first-order chi connectivity index (χ1) is 8.17. The lowest BCUT2D eigenvalue weighted by Gasteiger charge is -2.18. The second-order valence-corrected chi connectivity index (χ2v) is 3.57. The smallest absolute Gasteiger partial charge is 0.164 e. The molecule has 0 aliphatic carbocycles. The van der Waals surface area contributed by atoms with Crippen molar-refractivity contribution in [2.45, 2.75) is 12.5 Å². The molecule has 0 aliphatic heterocycles. The van der Waals surface area contributed by atoms with Crippen LogP contribution in [0.1, 0.15) is 18.0 Å². The van der Waals surface area contributed by atoms with Gasteiger partial charge in [-0.15, -0.1) is 0 Å². The summed E-state index contributed by atoms with van der Waals surface area (Å²) in [7, 11) is 4.69. The van der Waals surface area contributed by atoms with E-state index < -0.39 is 0 Å². The fourth-order valence-corrected chi connectivity index (χ4v) is 1.64. The molecule has 1 aromatic carbocycles. The largest absolute Gasteiger partial charge is 0.496 e. The van der Waals surface area contributed by atoms with E-state index in [1.165, 1.54) is 0 Å². The maximum Gasteiger partial charge on any atom is 0.164 e. The molecule has 1 atom stereocenters. The van der Waals surface area contributed by atoms with Gasteiger partial charge in [-0.1, -0.05) is 0 Å². The molecule has 0 aromatic heterocycles. The first kappa shape index (κ1) is 13.6. The Bertz CT molecular complexity index is 368. The molecule has 0 aliphatic rings. The summed E-state index contributed by atoms with van der Waals surface area (Å²) in [5, 5.41) is 8.91. The van der Waals surface area contributed by atoms with Gasteiger partial charge in [-0.25, -0.2) is 0 Å². The highest BCUT2D eigenvalue weighted by atomic mass is 16.5. The van der Waals surface area contributed by atoms with Gasteiger partial charge in [0.15, 0.2) is 11.5 Å². The van der Waals surface area contributed by atoms with E-state index in [0.717, 1.165) is 5.56 Å². The minimum Gasteiger partial charge on any atom is -0.496 e. The van der Waals surface area contributed by atoms with Gasteiger partial charge in [0.2, 0.25) is 0 Å². The van der Waals surface area contributed by atoms with Crippen molar-refractivity contribution in [1.29, 1.82) is 0 Å². The normalized spacial score (nSPS) is 12.1. The molecule has 0 amide bonds. The lowest BCUT2D eigenvalue weighted by molar-refractivity contribution is 0.274. The molecule has 0 saturated heterocycles. The van der Waals surface area contributed by atoms with Crippen LogP contribution in [0.5, 0.6) is 17.2 Å². The predicted octanol–water partition coefficient (Wildman–Crippen LogP) is 1.09. The maximum absolute atomic E-state index is 8.91. The van der Waals surface area contributed by atoms with Gasteiger partial charge < -0.3 is 25.1 Å². The van der Waals surface area contributed by atoms with E-state index in [9.17, 15) is 0 Å². The summed E-state index contributed by atoms with van der Waals surface area (Å²) < 4.78 is 15.6. The van der Waals surface area contributed by atoms with E-state index in [1.54, 1.807) is 33.5 Å². The first-order valence-electron chi connectivity index (χ1n) is 5.34. The molecule has 0 spiro atoms. The van der Waals surface area contributed by atoms with Crippen molar-refractivity contribution in [2.24, 2.45) is 5.73 Å². The molecule has 5 nitrogen and oxygen atoms in total. The molecular weight excluding hydrogens is 222 g/mol. The number of methoxy groups -OCH3 is 3. The summed E-state index contributed by atoms with van der Waals surface area (Å²) in [6, 6.07) is 3.21. The molecule has 96 valence electrons. The number of ether oxygens (including phenoxy) is 3. The zero-order valence-corrected chi connectivity index (χ0v) is 10.4. The van der Waals surface area contributed by atoms with Crippen molar-refractivity contribution in [1.82, 2.24) is 0 Å². The maximum atomic E-state index is 8.91. The Kier molecular flexibility index (Phi) is 5.06. The summed E-state index contributed by atoms with van der Waals surface area (Å²) in [6.45, 7) is 0.0265. The molecule has 0 radical (unpaired) electrons. The van der Waals surface area contributed by atoms with E-state index in [4.69, 9.17) is 25.1 Å². The van der Waals surface area contributed by atoms with Crippen molar-refractivity contribution in [2.75, 3.05) is 27.9 Å². The fraction of sp³-hybridized carbons (Fsp3) is 0.500. The van der Waals surface area contributed by atoms with Crippen LogP contribution in [-0.2, 0) is 0 Å². The fourth-order valence-electron chi connectivity index (χ4n) is 1.64. The van der Waals surface area contributed by atoms with E-state index >= 15 is 0 Å². The number of nitrogens with two attached hydrogens (primary N) is 1. The molecule has 1 rings (SSSR count). The third kappa shape index (κ3) is 3.01. The van der Waals surface area contributed by atoms with Gasteiger partial charge in [0.25, 0.3) is 0 Å². The van der Waals surface area contributed by atoms with Gasteiger partial charge in [-0.05, 0) is 12.5 Å². The Morgan fingerprint density at radius 3 is 2.06 bits per heavy atom. The van der Waals surface area contributed by atoms with E-state index in [2.05, 4.69) is 0 Å². The molecule has 0 unspecified atom stereocenters. The lowest BCUT2D eigenvalue weighted by atomic mass is 10.0. The van der Waals surface area contributed by atoms with Gasteiger partial charge >= 0.3 is 0 Å². The number of aliphatic hydroxyl groups excluding tert-OH is 1. The number of benzene rings is 1. The Hall–Kier alpha value is -1.46. The van der Waals surface area contributed by atoms with Crippen LogP contribution in [0.2, 0.25) is 0 Å². The van der Waals surface area contributed by atoms with Gasteiger partial charge in [-0.2, -0.15) is 0 Å². The third-order valence-corrected chi connectivity index (χ3v) is 2.58. The zero-order chi connectivity index (χ0) is 12.8. The van der Waals surface area contributed by atoms with Crippen LogP contribution in [0, 0.1) is 0 Å². The minimum absolute atomic E-state index is 0.0265. The molecule has 0 bridgehead atoms. The van der Waals surface area contributed by atoms with E-state index in [-0.39, 0.29) is 12.6 Å². The van der Waals surface area contributed by atoms with Crippen LogP contribution >= 0.6 is 0 Å². The van der Waals surface area contributed by atoms with Crippen LogP contribution in [0.25, 0.3) is 0 Å². The van der Waals surface area contributed by atoms with Crippen LogP contribution in [0.4, 0.5) is 0 Å². The molecule has 17 heavy (non-hydrogen) atoms. The Balaban J connectivity index is 3.18. The molecular formula is C12H19NO4. The Labute approximate surface area is 101 Å². The molecule has 1 aromatic rings. The highest BCUT2D eigenvalue weighted by molar-refractivity contribution is 5.51. The van der Waals surface area contributed by atoms with Gasteiger partial charge in [-0.3, -0.25) is 0 Å². The zero-order valence-electron chi connectivity index (χ0n) is 10.4. The topological polar surface area (TPSA) is 73.9 Å². The van der Waals surface area contributed by atoms with Crippen molar-refractivity contribution in [3.8, 4) is 17.2 Å². The van der Waals surface area contributed by atoms with Crippen molar-refractivity contribution >= 4 is 0 Å². The molecule has 0 heterocycles. The van der Waals surface area contributed by atoms with Crippen LogP contribution in [-0.4, -0.2) is 33.0 Å². The highest BCUT2D eigenvalue weighted by Gasteiger charge is 2.16. The minimum atomic E-state index is -0.297. The second kappa shape index (κ2) is 6.32. The molecule has 5 heteroatoms. The number of hydrogen-bond acceptors (Lipinski definition) is 5. The van der Waals surface area contributed by atoms with Crippen LogP contribution in [0.15, 0.2) is 12.1 Å². The lowest BCUT2D eigenvalue weighted by Crippen LogP contribution is -2.13. The summed E-state index contributed by atoms with van der Waals surface area (Å²) in [6.07, 6.45) is 0.464. The molecule has 3 N–H and O–H groups in total. The summed E-state index contributed by atoms with van der Waals surface area (Å²) in [5.74, 6) is 1.81. The molecule has 0 fully saturated rings. The summed E-state index contributed by atoms with van der Waals surface area (Å²) in [4.78, 5) is 0. The average Bonchev–Trinajstić information content (AvgIpc) is 2.37. The monoisotopic (exact) mass is 241 g/mol. The predicted molar refractivity (Wildman–Crippen MR) is 64.7 cm³/mol. The van der Waals surface area contributed by atoms with Gasteiger partial charge in [0.1, 0.15) is 5.75 Å². The SMILES string of the molecule is COc1cc(OC)c([C@@H](N)CCO)cc1OC. The van der Waals surface area contributed by atoms with E-state index in [1.807, 2.05) is 0 Å². The quantitative estimate of drug-likeness (QED) is 0.780. The highest BCUT2D eigenvalue weighted by Crippen LogP contribution is 2.37. The van der Waals surface area contributed by atoms with Crippen molar-refractivity contribution in [3.05, 3.63) is 17.7 Å². The van der Waals surface area contributed by atoms with Crippen molar-refractivity contribution in [3.63, 3.8) is 0 Å².